The van der Waals surface area contributed by atoms with Gasteiger partial charge in [0.2, 0.25) is 0 Å². The van der Waals surface area contributed by atoms with E-state index in [2.05, 4.69) is 9.38 Å². The maximum atomic E-state index is 14.0. The number of nitrogens with zero attached hydrogens (tertiary/aromatic N) is 3. The number of alkyl halides is 2. The normalized spacial score (nSPS) is 17.8. The molecule has 2 heterocycles. The number of hydrogen-bond donors (Lipinski definition) is 0. The third-order valence-corrected chi connectivity index (χ3v) is 6.05. The van der Waals surface area contributed by atoms with Crippen molar-refractivity contribution < 1.29 is 17.7 Å². The highest BCUT2D eigenvalue weighted by molar-refractivity contribution is 7.91. The molecule has 0 aromatic carbocycles. The lowest BCUT2D eigenvalue weighted by Crippen LogP contribution is -2.28. The Morgan fingerprint density at radius 1 is 1.42 bits per heavy atom. The van der Waals surface area contributed by atoms with Gasteiger partial charge in [0.25, 0.3) is 6.43 Å². The zero-order valence-electron chi connectivity index (χ0n) is 14.6. The number of hydrogen-bond acceptors (Lipinski definition) is 3. The van der Waals surface area contributed by atoms with E-state index in [-0.39, 0.29) is 22.1 Å². The summed E-state index contributed by atoms with van der Waals surface area (Å²) in [7, 11) is 0. The Morgan fingerprint density at radius 3 is 2.58 bits per heavy atom. The van der Waals surface area contributed by atoms with Gasteiger partial charge in [0, 0.05) is 23.2 Å². The van der Waals surface area contributed by atoms with Crippen molar-refractivity contribution in [1.82, 2.24) is 9.55 Å². The second-order valence-electron chi connectivity index (χ2n) is 7.31. The zero-order valence-corrected chi connectivity index (χ0v) is 16.2. The molecule has 4 nitrogen and oxygen atoms in total. The molecule has 1 unspecified atom stereocenters. The Labute approximate surface area is 157 Å². The van der Waals surface area contributed by atoms with Crippen molar-refractivity contribution in [2.24, 2.45) is 4.40 Å². The summed E-state index contributed by atoms with van der Waals surface area (Å²) in [6.45, 7) is 4.94. The minimum atomic E-state index is -2.96. The molecular formula is C17H19ClF3N3OS. The topological polar surface area (TPSA) is 53.2 Å². The highest BCUT2D eigenvalue weighted by Gasteiger charge is 2.33. The van der Waals surface area contributed by atoms with Gasteiger partial charge in [-0.05, 0) is 46.1 Å². The average molecular weight is 406 g/mol. The Morgan fingerprint density at radius 2 is 2.08 bits per heavy atom. The van der Waals surface area contributed by atoms with Gasteiger partial charge in [-0.1, -0.05) is 16.0 Å². The molecule has 1 saturated carbocycles. The highest BCUT2D eigenvalue weighted by atomic mass is 35.5. The summed E-state index contributed by atoms with van der Waals surface area (Å²) in [6, 6.07) is 1.19. The lowest BCUT2D eigenvalue weighted by molar-refractivity contribution is 0.226. The Bertz CT molecular complexity index is 859. The molecule has 0 aliphatic heterocycles. The van der Waals surface area contributed by atoms with E-state index in [4.69, 9.17) is 11.6 Å². The SMILES string of the molecule is CC(C)(C)[S+]([O-])N=C(c1cn(C2CCC2)c2nc(Cl)c(F)cc12)C(F)F. The van der Waals surface area contributed by atoms with Crippen LogP contribution >= 0.6 is 11.6 Å². The lowest BCUT2D eigenvalue weighted by atomic mass is 9.93. The van der Waals surface area contributed by atoms with E-state index in [9.17, 15) is 17.7 Å². The maximum Gasteiger partial charge on any atom is 0.285 e. The van der Waals surface area contributed by atoms with E-state index in [0.29, 0.717) is 5.65 Å². The van der Waals surface area contributed by atoms with Gasteiger partial charge in [0.1, 0.15) is 21.8 Å². The quantitative estimate of drug-likeness (QED) is 0.405. The molecule has 3 rings (SSSR count). The molecule has 9 heteroatoms. The summed E-state index contributed by atoms with van der Waals surface area (Å²) in [5.41, 5.74) is -0.238. The third-order valence-electron chi connectivity index (χ3n) is 4.37. The Balaban J connectivity index is 2.21. The lowest BCUT2D eigenvalue weighted by Gasteiger charge is -2.27. The molecule has 1 atom stereocenters. The van der Waals surface area contributed by atoms with Gasteiger partial charge < -0.3 is 9.12 Å². The average Bonchev–Trinajstić information content (AvgIpc) is 2.80. The number of halogens is 4. The van der Waals surface area contributed by atoms with E-state index in [0.717, 1.165) is 25.3 Å². The first kappa shape index (κ1) is 19.5. The molecule has 1 fully saturated rings. The molecule has 0 spiro atoms. The number of pyridine rings is 1. The molecule has 142 valence electrons. The molecule has 0 N–H and O–H groups in total. The Kier molecular flexibility index (Phi) is 5.29. The van der Waals surface area contributed by atoms with Crippen LogP contribution in [0.15, 0.2) is 16.7 Å². The van der Waals surface area contributed by atoms with Crippen molar-refractivity contribution in [1.29, 1.82) is 0 Å². The number of rotatable bonds is 4. The monoisotopic (exact) mass is 405 g/mol. The van der Waals surface area contributed by atoms with Crippen molar-refractivity contribution >= 4 is 39.7 Å². The molecule has 0 saturated heterocycles. The first-order chi connectivity index (χ1) is 12.1. The summed E-state index contributed by atoms with van der Waals surface area (Å²) in [5.74, 6) is -0.794. The van der Waals surface area contributed by atoms with Gasteiger partial charge in [-0.3, -0.25) is 0 Å². The fraction of sp³-hybridized carbons (Fsp3) is 0.529. The van der Waals surface area contributed by atoms with E-state index < -0.39 is 34.1 Å². The van der Waals surface area contributed by atoms with Crippen molar-refractivity contribution in [3.63, 3.8) is 0 Å². The molecule has 0 amide bonds. The minimum absolute atomic E-state index is 0.0440. The summed E-state index contributed by atoms with van der Waals surface area (Å²) in [4.78, 5) is 4.05. The smallest absolute Gasteiger partial charge is 0.285 e. The van der Waals surface area contributed by atoms with Crippen LogP contribution in [-0.2, 0) is 11.4 Å². The van der Waals surface area contributed by atoms with Gasteiger partial charge in [0.05, 0.1) is 0 Å². The van der Waals surface area contributed by atoms with Gasteiger partial charge in [0.15, 0.2) is 16.7 Å². The second kappa shape index (κ2) is 7.05. The molecule has 2 aromatic heterocycles. The zero-order chi connectivity index (χ0) is 19.2. The summed E-state index contributed by atoms with van der Waals surface area (Å²) in [5, 5.41) is -0.111. The largest absolute Gasteiger partial charge is 0.591 e. The molecule has 1 aliphatic carbocycles. The van der Waals surface area contributed by atoms with Gasteiger partial charge in [-0.2, -0.15) is 0 Å². The molecular weight excluding hydrogens is 387 g/mol. The molecule has 1 aliphatic rings. The van der Waals surface area contributed by atoms with Crippen LogP contribution in [0.3, 0.4) is 0 Å². The van der Waals surface area contributed by atoms with Crippen molar-refractivity contribution in [2.45, 2.75) is 57.2 Å². The van der Waals surface area contributed by atoms with Crippen LogP contribution in [0.2, 0.25) is 5.15 Å². The van der Waals surface area contributed by atoms with Crippen LogP contribution in [0.5, 0.6) is 0 Å². The summed E-state index contributed by atoms with van der Waals surface area (Å²) < 4.78 is 58.4. The minimum Gasteiger partial charge on any atom is -0.591 e. The van der Waals surface area contributed by atoms with E-state index in [1.807, 2.05) is 0 Å². The molecule has 0 bridgehead atoms. The second-order valence-corrected chi connectivity index (χ2v) is 9.57. The van der Waals surface area contributed by atoms with Crippen LogP contribution in [0.1, 0.15) is 51.6 Å². The molecule has 0 radical (unpaired) electrons. The molecule has 26 heavy (non-hydrogen) atoms. The fourth-order valence-electron chi connectivity index (χ4n) is 2.70. The van der Waals surface area contributed by atoms with Crippen molar-refractivity contribution in [3.8, 4) is 0 Å². The molecule has 2 aromatic rings. The van der Waals surface area contributed by atoms with Gasteiger partial charge >= 0.3 is 0 Å². The first-order valence-corrected chi connectivity index (χ1v) is 9.73. The van der Waals surface area contributed by atoms with E-state index >= 15 is 0 Å². The first-order valence-electron chi connectivity index (χ1n) is 8.25. The van der Waals surface area contributed by atoms with Crippen LogP contribution < -0.4 is 0 Å². The van der Waals surface area contributed by atoms with Crippen molar-refractivity contribution in [2.75, 3.05) is 0 Å². The summed E-state index contributed by atoms with van der Waals surface area (Å²) in [6.07, 6.45) is 1.34. The van der Waals surface area contributed by atoms with Crippen LogP contribution in [0.4, 0.5) is 13.2 Å². The fourth-order valence-corrected chi connectivity index (χ4v) is 3.47. The maximum absolute atomic E-state index is 14.0. The predicted octanol–water partition coefficient (Wildman–Crippen LogP) is 5.07. The van der Waals surface area contributed by atoms with Crippen LogP contribution in [0, 0.1) is 5.82 Å². The summed E-state index contributed by atoms with van der Waals surface area (Å²) >= 11 is 3.92. The van der Waals surface area contributed by atoms with Gasteiger partial charge in [-0.15, -0.1) is 0 Å². The predicted molar refractivity (Wildman–Crippen MR) is 98.0 cm³/mol. The number of aromatic nitrogens is 2. The Hall–Kier alpha value is -1.25. The van der Waals surface area contributed by atoms with Gasteiger partial charge in [-0.25, -0.2) is 18.2 Å². The third kappa shape index (κ3) is 3.59. The van der Waals surface area contributed by atoms with Crippen LogP contribution in [0.25, 0.3) is 11.0 Å². The highest BCUT2D eigenvalue weighted by Crippen LogP contribution is 2.37. The standard InChI is InChI=1S/C17H19ClF3N3OS/c1-17(2,3)26(25)23-13(15(20)21)11-8-24(9-5-4-6-9)16-10(11)7-12(19)14(18)22-16/h7-9,15H,4-6H2,1-3H3. The van der Waals surface area contributed by atoms with Crippen LogP contribution in [-0.4, -0.2) is 31.0 Å². The van der Waals surface area contributed by atoms with E-state index in [1.54, 1.807) is 25.3 Å². The van der Waals surface area contributed by atoms with Crippen molar-refractivity contribution in [3.05, 3.63) is 28.8 Å². The van der Waals surface area contributed by atoms with E-state index in [1.165, 1.54) is 6.20 Å². The number of fused-ring (bicyclic) bond motifs is 1.